The first-order valence-corrected chi connectivity index (χ1v) is 3.09. The van der Waals surface area contributed by atoms with Crippen LogP contribution in [-0.4, -0.2) is 25.8 Å². The van der Waals surface area contributed by atoms with Gasteiger partial charge in [0.2, 0.25) is 0 Å². The molecule has 0 saturated carbocycles. The molecular formula is C5H8BClO2. The van der Waals surface area contributed by atoms with Gasteiger partial charge in [0, 0.05) is 6.42 Å². The van der Waals surface area contributed by atoms with E-state index in [1.165, 1.54) is 0 Å². The molecule has 2 nitrogen and oxygen atoms in total. The van der Waals surface area contributed by atoms with E-state index < -0.39 is 0 Å². The van der Waals surface area contributed by atoms with Crippen LogP contribution in [0.3, 0.4) is 0 Å². The summed E-state index contributed by atoms with van der Waals surface area (Å²) in [4.78, 5) is 9.88. The number of hydrogen-bond acceptors (Lipinski definition) is 2. The molecule has 4 heteroatoms. The molecule has 50 valence electrons. The Morgan fingerprint density at radius 2 is 2.44 bits per heavy atom. The average Bonchev–Trinajstić information content (AvgIpc) is 1.82. The van der Waals surface area contributed by atoms with Gasteiger partial charge in [0.05, 0.1) is 11.5 Å². The van der Waals surface area contributed by atoms with Gasteiger partial charge in [-0.15, -0.1) is 11.6 Å². The normalized spacial score (nSPS) is 16.7. The SMILES string of the molecule is [B]O[C@H](CC=O)[C@H](C)Cl. The smallest absolute Gasteiger partial charge is 0.283 e. The number of halogens is 1. The minimum Gasteiger partial charge on any atom is -0.443 e. The topological polar surface area (TPSA) is 26.3 Å². The molecule has 0 amide bonds. The molecule has 0 aliphatic heterocycles. The van der Waals surface area contributed by atoms with Gasteiger partial charge in [0.15, 0.2) is 0 Å². The summed E-state index contributed by atoms with van der Waals surface area (Å²) in [6, 6.07) is 0. The zero-order valence-electron chi connectivity index (χ0n) is 5.21. The van der Waals surface area contributed by atoms with E-state index in [0.29, 0.717) is 0 Å². The lowest BCUT2D eigenvalue weighted by Crippen LogP contribution is -2.21. The van der Waals surface area contributed by atoms with E-state index in [1.807, 2.05) is 0 Å². The van der Waals surface area contributed by atoms with Gasteiger partial charge in [-0.1, -0.05) is 0 Å². The van der Waals surface area contributed by atoms with Crippen molar-refractivity contribution in [3.8, 4) is 0 Å². The number of aldehydes is 1. The molecule has 0 spiro atoms. The van der Waals surface area contributed by atoms with Gasteiger partial charge in [-0.25, -0.2) is 0 Å². The van der Waals surface area contributed by atoms with E-state index in [-0.39, 0.29) is 17.9 Å². The quantitative estimate of drug-likeness (QED) is 0.331. The maximum absolute atomic E-state index is 9.88. The number of alkyl halides is 1. The summed E-state index contributed by atoms with van der Waals surface area (Å²) in [6.07, 6.45) is 0.626. The van der Waals surface area contributed by atoms with Crippen molar-refractivity contribution < 1.29 is 9.45 Å². The third-order valence-corrected chi connectivity index (χ3v) is 1.30. The van der Waals surface area contributed by atoms with Gasteiger partial charge in [0.1, 0.15) is 6.29 Å². The Labute approximate surface area is 61.0 Å². The Kier molecular flexibility index (Phi) is 4.82. The van der Waals surface area contributed by atoms with Crippen LogP contribution < -0.4 is 0 Å². The molecule has 0 aliphatic rings. The van der Waals surface area contributed by atoms with Crippen molar-refractivity contribution in [2.45, 2.75) is 24.8 Å². The van der Waals surface area contributed by atoms with Crippen molar-refractivity contribution >= 4 is 25.9 Å². The molecule has 9 heavy (non-hydrogen) atoms. The number of carbonyl (C=O) groups excluding carboxylic acids is 1. The summed E-state index contributed by atoms with van der Waals surface area (Å²) in [6.45, 7) is 1.72. The second-order valence-corrected chi connectivity index (χ2v) is 2.44. The molecule has 0 N–H and O–H groups in total. The first-order chi connectivity index (χ1) is 4.22. The van der Waals surface area contributed by atoms with E-state index in [9.17, 15) is 4.79 Å². The molecule has 2 radical (unpaired) electrons. The number of carbonyl (C=O) groups is 1. The van der Waals surface area contributed by atoms with Gasteiger partial charge < -0.3 is 9.45 Å². The first-order valence-electron chi connectivity index (χ1n) is 2.65. The van der Waals surface area contributed by atoms with E-state index >= 15 is 0 Å². The van der Waals surface area contributed by atoms with Gasteiger partial charge >= 0.3 is 0 Å². The Hall–Kier alpha value is -0.0151. The molecule has 0 aromatic carbocycles. The monoisotopic (exact) mass is 146 g/mol. The maximum Gasteiger partial charge on any atom is 0.283 e. The lowest BCUT2D eigenvalue weighted by molar-refractivity contribution is -0.109. The summed E-state index contributed by atoms with van der Waals surface area (Å²) in [7, 11) is 4.82. The Balaban J connectivity index is 3.53. The number of hydrogen-bond donors (Lipinski definition) is 0. The predicted molar refractivity (Wildman–Crippen MR) is 36.6 cm³/mol. The van der Waals surface area contributed by atoms with E-state index in [2.05, 4.69) is 4.65 Å². The molecular weight excluding hydrogens is 138 g/mol. The molecule has 2 atom stereocenters. The summed E-state index contributed by atoms with van der Waals surface area (Å²) >= 11 is 5.56. The lowest BCUT2D eigenvalue weighted by Gasteiger charge is -2.14. The maximum atomic E-state index is 9.88. The third-order valence-electron chi connectivity index (χ3n) is 1.02. The van der Waals surface area contributed by atoms with Crippen LogP contribution in [0.2, 0.25) is 0 Å². The third kappa shape index (κ3) is 3.54. The minimum atomic E-state index is -0.357. The van der Waals surface area contributed by atoms with Crippen molar-refractivity contribution in [3.05, 3.63) is 0 Å². The summed E-state index contributed by atoms with van der Waals surface area (Å²) < 4.78 is 4.39. The van der Waals surface area contributed by atoms with Gasteiger partial charge in [0.25, 0.3) is 8.05 Å². The van der Waals surface area contributed by atoms with E-state index in [1.54, 1.807) is 6.92 Å². The minimum absolute atomic E-state index is 0.222. The van der Waals surface area contributed by atoms with Crippen LogP contribution in [-0.2, 0) is 9.45 Å². The molecule has 0 unspecified atom stereocenters. The standard InChI is InChI=1S/C5H8BClO2/c1-4(7)5(9-6)2-3-8/h3-5H,2H2,1H3/t4-,5+/m0/s1. The van der Waals surface area contributed by atoms with Crippen LogP contribution in [0.4, 0.5) is 0 Å². The predicted octanol–water partition coefficient (Wildman–Crippen LogP) is 0.671. The summed E-state index contributed by atoms with van der Waals surface area (Å²) in [5.74, 6) is 0. The zero-order chi connectivity index (χ0) is 7.28. The number of rotatable bonds is 4. The molecule has 0 bridgehead atoms. The molecule has 0 aliphatic carbocycles. The average molecular weight is 146 g/mol. The molecule has 0 aromatic heterocycles. The molecule has 0 fully saturated rings. The Morgan fingerprint density at radius 3 is 2.56 bits per heavy atom. The van der Waals surface area contributed by atoms with E-state index in [0.717, 1.165) is 6.29 Å². The van der Waals surface area contributed by atoms with Crippen molar-refractivity contribution in [1.29, 1.82) is 0 Å². The van der Waals surface area contributed by atoms with Crippen LogP contribution in [0.1, 0.15) is 13.3 Å². The molecule has 0 aromatic rings. The van der Waals surface area contributed by atoms with Crippen LogP contribution in [0.5, 0.6) is 0 Å². The summed E-state index contributed by atoms with van der Waals surface area (Å²) in [5, 5.41) is -0.222. The van der Waals surface area contributed by atoms with Gasteiger partial charge in [-0.3, -0.25) is 0 Å². The fourth-order valence-corrected chi connectivity index (χ4v) is 0.608. The fraction of sp³-hybridized carbons (Fsp3) is 0.800. The van der Waals surface area contributed by atoms with Crippen molar-refractivity contribution in [3.63, 3.8) is 0 Å². The van der Waals surface area contributed by atoms with Crippen LogP contribution in [0.25, 0.3) is 0 Å². The van der Waals surface area contributed by atoms with Crippen molar-refractivity contribution in [2.24, 2.45) is 0 Å². The molecule has 0 heterocycles. The largest absolute Gasteiger partial charge is 0.443 e. The van der Waals surface area contributed by atoms with Crippen molar-refractivity contribution in [2.75, 3.05) is 0 Å². The highest BCUT2D eigenvalue weighted by atomic mass is 35.5. The Bertz CT molecular complexity index is 87.0. The second-order valence-electron chi connectivity index (χ2n) is 1.75. The van der Waals surface area contributed by atoms with Gasteiger partial charge in [-0.2, -0.15) is 0 Å². The van der Waals surface area contributed by atoms with Crippen molar-refractivity contribution in [1.82, 2.24) is 0 Å². The van der Waals surface area contributed by atoms with Crippen LogP contribution in [0.15, 0.2) is 0 Å². The van der Waals surface area contributed by atoms with Gasteiger partial charge in [-0.05, 0) is 6.92 Å². The highest BCUT2D eigenvalue weighted by Crippen LogP contribution is 2.06. The first kappa shape index (κ1) is 8.98. The Morgan fingerprint density at radius 1 is 1.89 bits per heavy atom. The fourth-order valence-electron chi connectivity index (χ4n) is 0.446. The summed E-state index contributed by atoms with van der Waals surface area (Å²) in [5.41, 5.74) is 0. The highest BCUT2D eigenvalue weighted by Gasteiger charge is 2.11. The molecule has 0 saturated heterocycles. The lowest BCUT2D eigenvalue weighted by atomic mass is 10.2. The second kappa shape index (κ2) is 4.83. The zero-order valence-corrected chi connectivity index (χ0v) is 5.97. The van der Waals surface area contributed by atoms with Crippen LogP contribution >= 0.6 is 11.6 Å². The van der Waals surface area contributed by atoms with E-state index in [4.69, 9.17) is 19.7 Å². The van der Waals surface area contributed by atoms with Crippen LogP contribution in [0, 0.1) is 0 Å². The highest BCUT2D eigenvalue weighted by molar-refractivity contribution is 6.21. The molecule has 0 rings (SSSR count).